The molecule has 0 amide bonds. The first-order valence-corrected chi connectivity index (χ1v) is 8.35. The fourth-order valence-corrected chi connectivity index (χ4v) is 3.38. The summed E-state index contributed by atoms with van der Waals surface area (Å²) in [5.74, 6) is 0.773. The molecule has 2 heterocycles. The Labute approximate surface area is 148 Å². The lowest BCUT2D eigenvalue weighted by molar-refractivity contribution is 0.155. The van der Waals surface area contributed by atoms with Gasteiger partial charge in [-0.3, -0.25) is 4.68 Å². The summed E-state index contributed by atoms with van der Waals surface area (Å²) in [7, 11) is 0. The minimum absolute atomic E-state index is 0.320. The van der Waals surface area contributed by atoms with Crippen LogP contribution >= 0.6 is 23.2 Å². The molecule has 8 heteroatoms. The van der Waals surface area contributed by atoms with Crippen molar-refractivity contribution < 1.29 is 9.52 Å². The lowest BCUT2D eigenvalue weighted by Crippen LogP contribution is -2.21. The highest BCUT2D eigenvalue weighted by atomic mass is 35.5. The molecule has 0 fully saturated rings. The van der Waals surface area contributed by atoms with Crippen molar-refractivity contribution in [1.29, 1.82) is 0 Å². The van der Waals surface area contributed by atoms with E-state index < -0.39 is 0 Å². The van der Waals surface area contributed by atoms with Crippen molar-refractivity contribution in [3.05, 3.63) is 51.6 Å². The maximum Gasteiger partial charge on any atom is 0.249 e. The topological polar surface area (TPSA) is 77.0 Å². The third kappa shape index (κ3) is 2.92. The summed E-state index contributed by atoms with van der Waals surface area (Å²) in [4.78, 5) is 0. The van der Waals surface area contributed by atoms with Crippen LogP contribution in [-0.4, -0.2) is 31.2 Å². The van der Waals surface area contributed by atoms with Gasteiger partial charge in [0.05, 0.1) is 22.9 Å². The summed E-state index contributed by atoms with van der Waals surface area (Å²) in [6, 6.07) is 5.10. The van der Waals surface area contributed by atoms with E-state index in [1.54, 1.807) is 22.9 Å². The predicted molar refractivity (Wildman–Crippen MR) is 89.1 cm³/mol. The number of aliphatic hydroxyl groups excluding tert-OH is 1. The number of aromatic nitrogens is 4. The average Bonchev–Trinajstić information content (AvgIpc) is 3.15. The standard InChI is InChI=1S/C16H14Cl2N4O2/c17-10-2-4-12(13(18)5-10)16-21-20-15(24-16)8-22-14-6-11(23)3-1-9(14)7-19-22/h2,4-5,7,11,23H,1,3,6,8H2. The second-order valence-electron chi connectivity index (χ2n) is 5.80. The van der Waals surface area contributed by atoms with Crippen molar-refractivity contribution in [1.82, 2.24) is 20.0 Å². The molecule has 1 aliphatic carbocycles. The Balaban J connectivity index is 1.59. The van der Waals surface area contributed by atoms with Crippen molar-refractivity contribution in [2.75, 3.05) is 0 Å². The first-order valence-electron chi connectivity index (χ1n) is 7.59. The third-order valence-electron chi connectivity index (χ3n) is 4.12. The van der Waals surface area contributed by atoms with Gasteiger partial charge in [-0.25, -0.2) is 0 Å². The zero-order valence-electron chi connectivity index (χ0n) is 12.6. The van der Waals surface area contributed by atoms with Gasteiger partial charge in [-0.1, -0.05) is 23.2 Å². The Morgan fingerprint density at radius 3 is 3.00 bits per heavy atom. The monoisotopic (exact) mass is 364 g/mol. The smallest absolute Gasteiger partial charge is 0.249 e. The van der Waals surface area contributed by atoms with E-state index in [4.69, 9.17) is 27.6 Å². The maximum absolute atomic E-state index is 9.85. The number of rotatable bonds is 3. The Morgan fingerprint density at radius 2 is 2.17 bits per heavy atom. The molecule has 24 heavy (non-hydrogen) atoms. The lowest BCUT2D eigenvalue weighted by Gasteiger charge is -2.18. The van der Waals surface area contributed by atoms with Gasteiger partial charge in [-0.2, -0.15) is 5.10 Å². The molecule has 6 nitrogen and oxygen atoms in total. The van der Waals surface area contributed by atoms with Gasteiger partial charge in [0.15, 0.2) is 0 Å². The number of benzene rings is 1. The highest BCUT2D eigenvalue weighted by molar-refractivity contribution is 6.36. The highest BCUT2D eigenvalue weighted by Crippen LogP contribution is 2.29. The van der Waals surface area contributed by atoms with E-state index in [2.05, 4.69) is 15.3 Å². The van der Waals surface area contributed by atoms with Crippen LogP contribution < -0.4 is 0 Å². The normalized spacial score (nSPS) is 17.0. The fourth-order valence-electron chi connectivity index (χ4n) is 2.90. The van der Waals surface area contributed by atoms with Crippen molar-refractivity contribution in [2.45, 2.75) is 31.9 Å². The number of hydrogen-bond donors (Lipinski definition) is 1. The quantitative estimate of drug-likeness (QED) is 0.772. The van der Waals surface area contributed by atoms with Crippen LogP contribution in [0.5, 0.6) is 0 Å². The molecule has 1 aromatic carbocycles. The molecule has 2 aromatic heterocycles. The Hall–Kier alpha value is -1.89. The van der Waals surface area contributed by atoms with Gasteiger partial charge in [0.1, 0.15) is 6.54 Å². The van der Waals surface area contributed by atoms with E-state index >= 15 is 0 Å². The Bertz CT molecular complexity index is 890. The van der Waals surface area contributed by atoms with Gasteiger partial charge in [0.25, 0.3) is 0 Å². The molecular weight excluding hydrogens is 351 g/mol. The zero-order chi connectivity index (χ0) is 16.7. The summed E-state index contributed by atoms with van der Waals surface area (Å²) >= 11 is 12.1. The van der Waals surface area contributed by atoms with Gasteiger partial charge >= 0.3 is 0 Å². The number of aliphatic hydroxyl groups is 1. The fraction of sp³-hybridized carbons (Fsp3) is 0.312. The molecular formula is C16H14Cl2N4O2. The molecule has 124 valence electrons. The predicted octanol–water partition coefficient (Wildman–Crippen LogP) is 3.14. The minimum atomic E-state index is -0.320. The van der Waals surface area contributed by atoms with E-state index in [9.17, 15) is 5.11 Å². The summed E-state index contributed by atoms with van der Waals surface area (Å²) < 4.78 is 7.51. The largest absolute Gasteiger partial charge is 0.419 e. The van der Waals surface area contributed by atoms with E-state index in [-0.39, 0.29) is 6.10 Å². The molecule has 1 unspecified atom stereocenters. The molecule has 1 N–H and O–H groups in total. The zero-order valence-corrected chi connectivity index (χ0v) is 14.1. The number of aryl methyl sites for hydroxylation is 1. The van der Waals surface area contributed by atoms with Crippen LogP contribution in [0.2, 0.25) is 10.0 Å². The van der Waals surface area contributed by atoms with E-state index in [1.165, 1.54) is 5.56 Å². The molecule has 1 aliphatic rings. The molecule has 0 spiro atoms. The first-order chi connectivity index (χ1) is 11.6. The second-order valence-corrected chi connectivity index (χ2v) is 6.64. The minimum Gasteiger partial charge on any atom is -0.419 e. The van der Waals surface area contributed by atoms with Crippen LogP contribution in [0, 0.1) is 0 Å². The van der Waals surface area contributed by atoms with Gasteiger partial charge in [-0.15, -0.1) is 10.2 Å². The van der Waals surface area contributed by atoms with E-state index in [0.29, 0.717) is 40.4 Å². The molecule has 0 saturated carbocycles. The molecule has 4 rings (SSSR count). The van der Waals surface area contributed by atoms with Gasteiger partial charge in [-0.05, 0) is 36.6 Å². The molecule has 0 aliphatic heterocycles. The van der Waals surface area contributed by atoms with Crippen molar-refractivity contribution >= 4 is 23.2 Å². The van der Waals surface area contributed by atoms with Crippen LogP contribution in [0.25, 0.3) is 11.5 Å². The number of halogens is 2. The van der Waals surface area contributed by atoms with Crippen LogP contribution in [0.1, 0.15) is 23.6 Å². The van der Waals surface area contributed by atoms with E-state index in [0.717, 1.165) is 18.5 Å². The van der Waals surface area contributed by atoms with E-state index in [1.807, 2.05) is 6.20 Å². The number of fused-ring (bicyclic) bond motifs is 1. The second kappa shape index (κ2) is 6.20. The summed E-state index contributed by atoms with van der Waals surface area (Å²) in [6.45, 7) is 0.361. The van der Waals surface area contributed by atoms with Gasteiger partial charge < -0.3 is 9.52 Å². The summed E-state index contributed by atoms with van der Waals surface area (Å²) in [5, 5.41) is 23.3. The van der Waals surface area contributed by atoms with Crippen LogP contribution in [-0.2, 0) is 19.4 Å². The van der Waals surface area contributed by atoms with Crippen molar-refractivity contribution in [3.8, 4) is 11.5 Å². The van der Waals surface area contributed by atoms with Crippen LogP contribution in [0.15, 0.2) is 28.8 Å². The van der Waals surface area contributed by atoms with Crippen molar-refractivity contribution in [2.24, 2.45) is 0 Å². The molecule has 1 atom stereocenters. The molecule has 0 saturated heterocycles. The Morgan fingerprint density at radius 1 is 1.29 bits per heavy atom. The summed E-state index contributed by atoms with van der Waals surface area (Å²) in [6.07, 6.45) is 3.73. The molecule has 0 bridgehead atoms. The highest BCUT2D eigenvalue weighted by Gasteiger charge is 2.22. The van der Waals surface area contributed by atoms with Gasteiger partial charge in [0.2, 0.25) is 11.8 Å². The number of nitrogens with zero attached hydrogens (tertiary/aromatic N) is 4. The SMILES string of the molecule is OC1CCc2cnn(Cc3nnc(-c4ccc(Cl)cc4Cl)o3)c2C1. The maximum atomic E-state index is 9.85. The van der Waals surface area contributed by atoms with Crippen LogP contribution in [0.3, 0.4) is 0 Å². The van der Waals surface area contributed by atoms with Crippen molar-refractivity contribution in [3.63, 3.8) is 0 Å². The van der Waals surface area contributed by atoms with Gasteiger partial charge in [0, 0.05) is 17.1 Å². The Kier molecular flexibility index (Phi) is 4.04. The first kappa shape index (κ1) is 15.6. The third-order valence-corrected chi connectivity index (χ3v) is 4.67. The summed E-state index contributed by atoms with van der Waals surface area (Å²) in [5.41, 5.74) is 2.83. The van der Waals surface area contributed by atoms with Crippen LogP contribution in [0.4, 0.5) is 0 Å². The average molecular weight is 365 g/mol. The lowest BCUT2D eigenvalue weighted by atomic mass is 9.96. The molecule has 3 aromatic rings. The number of hydrogen-bond acceptors (Lipinski definition) is 5. The molecule has 0 radical (unpaired) electrons.